The molecule has 0 radical (unpaired) electrons. The van der Waals surface area contributed by atoms with Gasteiger partial charge in [-0.15, -0.1) is 0 Å². The maximum Gasteiger partial charge on any atom is 0.0456 e. The highest BCUT2D eigenvalue weighted by atomic mass is 14.8. The molecule has 2 aromatic rings. The number of hydrogen-bond donors (Lipinski definition) is 2. The summed E-state index contributed by atoms with van der Waals surface area (Å²) < 4.78 is 0. The molecule has 0 bridgehead atoms. The summed E-state index contributed by atoms with van der Waals surface area (Å²) in [6, 6.07) is 8.58. The molecule has 2 rings (SSSR count). The van der Waals surface area contributed by atoms with E-state index < -0.39 is 0 Å². The lowest BCUT2D eigenvalue weighted by molar-refractivity contribution is 0.305. The topological polar surface area (TPSA) is 27.8 Å². The van der Waals surface area contributed by atoms with Gasteiger partial charge < -0.3 is 10.3 Å². The lowest BCUT2D eigenvalue weighted by Crippen LogP contribution is -2.22. The zero-order valence-corrected chi connectivity index (χ0v) is 11.9. The molecule has 1 atom stereocenters. The van der Waals surface area contributed by atoms with Crippen molar-refractivity contribution in [2.24, 2.45) is 5.41 Å². The summed E-state index contributed by atoms with van der Waals surface area (Å²) in [5.41, 5.74) is 2.97. The first kappa shape index (κ1) is 13.2. The first-order valence-electron chi connectivity index (χ1n) is 6.74. The van der Waals surface area contributed by atoms with E-state index in [0.29, 0.717) is 5.92 Å². The largest absolute Gasteiger partial charge is 0.361 e. The van der Waals surface area contributed by atoms with Crippen molar-refractivity contribution in [3.05, 3.63) is 36.0 Å². The van der Waals surface area contributed by atoms with E-state index in [4.69, 9.17) is 0 Å². The van der Waals surface area contributed by atoms with Crippen LogP contribution in [0.25, 0.3) is 10.9 Å². The van der Waals surface area contributed by atoms with Crippen LogP contribution in [0.1, 0.15) is 38.7 Å². The fraction of sp³-hybridized carbons (Fsp3) is 0.500. The SMILES string of the molecule is CNCCC(c1c[nH]c2ccccc12)C(C)(C)C. The maximum absolute atomic E-state index is 3.40. The molecule has 2 heteroatoms. The van der Waals surface area contributed by atoms with Crippen molar-refractivity contribution in [3.8, 4) is 0 Å². The van der Waals surface area contributed by atoms with Gasteiger partial charge in [0.15, 0.2) is 0 Å². The minimum absolute atomic E-state index is 0.280. The van der Waals surface area contributed by atoms with Gasteiger partial charge in [-0.25, -0.2) is 0 Å². The molecule has 2 N–H and O–H groups in total. The molecule has 0 amide bonds. The summed E-state index contributed by atoms with van der Waals surface area (Å²) in [5, 5.41) is 4.64. The van der Waals surface area contributed by atoms with Crippen molar-refractivity contribution in [1.82, 2.24) is 10.3 Å². The number of benzene rings is 1. The molecular formula is C16H24N2. The van der Waals surface area contributed by atoms with E-state index in [1.807, 2.05) is 7.05 Å². The van der Waals surface area contributed by atoms with Crippen LogP contribution in [0.3, 0.4) is 0 Å². The Morgan fingerprint density at radius 3 is 2.61 bits per heavy atom. The molecule has 1 heterocycles. The average molecular weight is 244 g/mol. The quantitative estimate of drug-likeness (QED) is 0.838. The minimum Gasteiger partial charge on any atom is -0.361 e. The molecule has 2 nitrogen and oxygen atoms in total. The van der Waals surface area contributed by atoms with Crippen LogP contribution in [0.15, 0.2) is 30.5 Å². The van der Waals surface area contributed by atoms with Crippen LogP contribution >= 0.6 is 0 Å². The van der Waals surface area contributed by atoms with Gasteiger partial charge in [0.05, 0.1) is 0 Å². The molecule has 0 fully saturated rings. The smallest absolute Gasteiger partial charge is 0.0456 e. The number of hydrogen-bond acceptors (Lipinski definition) is 1. The second-order valence-corrected chi connectivity index (χ2v) is 6.10. The Morgan fingerprint density at radius 1 is 1.22 bits per heavy atom. The van der Waals surface area contributed by atoms with Crippen LogP contribution in [-0.4, -0.2) is 18.6 Å². The number of aromatic nitrogens is 1. The van der Waals surface area contributed by atoms with Crippen LogP contribution in [0, 0.1) is 5.41 Å². The third-order valence-corrected chi connectivity index (χ3v) is 3.73. The third kappa shape index (κ3) is 2.59. The lowest BCUT2D eigenvalue weighted by Gasteiger charge is -2.30. The Morgan fingerprint density at radius 2 is 1.94 bits per heavy atom. The third-order valence-electron chi connectivity index (χ3n) is 3.73. The van der Waals surface area contributed by atoms with E-state index >= 15 is 0 Å². The Kier molecular flexibility index (Phi) is 3.76. The van der Waals surface area contributed by atoms with Gasteiger partial charge in [0.2, 0.25) is 0 Å². The van der Waals surface area contributed by atoms with Gasteiger partial charge in [-0.3, -0.25) is 0 Å². The Balaban J connectivity index is 2.41. The number of para-hydroxylation sites is 1. The first-order valence-corrected chi connectivity index (χ1v) is 6.74. The highest BCUT2D eigenvalue weighted by molar-refractivity contribution is 5.83. The zero-order chi connectivity index (χ0) is 13.2. The van der Waals surface area contributed by atoms with Crippen molar-refractivity contribution < 1.29 is 0 Å². The normalized spacial score (nSPS) is 14.0. The molecular weight excluding hydrogens is 220 g/mol. The van der Waals surface area contributed by atoms with Gasteiger partial charge >= 0.3 is 0 Å². The molecule has 0 aliphatic heterocycles. The summed E-state index contributed by atoms with van der Waals surface area (Å²) in [6.07, 6.45) is 3.36. The van der Waals surface area contributed by atoms with Crippen LogP contribution in [0.5, 0.6) is 0 Å². The molecule has 1 unspecified atom stereocenters. The number of H-pyrrole nitrogens is 1. The van der Waals surface area contributed by atoms with E-state index in [-0.39, 0.29) is 5.41 Å². The van der Waals surface area contributed by atoms with Crippen molar-refractivity contribution in [3.63, 3.8) is 0 Å². The molecule has 1 aromatic heterocycles. The van der Waals surface area contributed by atoms with E-state index in [0.717, 1.165) is 6.54 Å². The minimum atomic E-state index is 0.280. The van der Waals surface area contributed by atoms with Gasteiger partial charge in [-0.2, -0.15) is 0 Å². The van der Waals surface area contributed by atoms with Gasteiger partial charge in [-0.05, 0) is 43.0 Å². The number of fused-ring (bicyclic) bond motifs is 1. The highest BCUT2D eigenvalue weighted by Gasteiger charge is 2.27. The number of rotatable bonds is 4. The molecule has 0 saturated carbocycles. The molecule has 0 saturated heterocycles. The number of aromatic amines is 1. The lowest BCUT2D eigenvalue weighted by atomic mass is 9.74. The summed E-state index contributed by atoms with van der Waals surface area (Å²) in [4.78, 5) is 3.40. The Hall–Kier alpha value is -1.28. The van der Waals surface area contributed by atoms with Crippen LogP contribution in [0.4, 0.5) is 0 Å². The van der Waals surface area contributed by atoms with Crippen LogP contribution in [-0.2, 0) is 0 Å². The number of nitrogens with one attached hydrogen (secondary N) is 2. The molecule has 0 spiro atoms. The van der Waals surface area contributed by atoms with E-state index in [1.54, 1.807) is 0 Å². The van der Waals surface area contributed by atoms with Crippen molar-refractivity contribution in [2.45, 2.75) is 33.1 Å². The van der Waals surface area contributed by atoms with E-state index in [9.17, 15) is 0 Å². The maximum atomic E-state index is 3.40. The molecule has 0 aliphatic rings. The zero-order valence-electron chi connectivity index (χ0n) is 11.9. The predicted octanol–water partition coefficient (Wildman–Crippen LogP) is 3.91. The molecule has 1 aromatic carbocycles. The standard InChI is InChI=1S/C16H24N2/c1-16(2,3)14(9-10-17-4)13-11-18-15-8-6-5-7-12(13)15/h5-8,11,14,17-18H,9-10H2,1-4H3. The van der Waals surface area contributed by atoms with Crippen LogP contribution < -0.4 is 5.32 Å². The second-order valence-electron chi connectivity index (χ2n) is 6.10. The van der Waals surface area contributed by atoms with E-state index in [1.165, 1.54) is 22.9 Å². The summed E-state index contributed by atoms with van der Waals surface area (Å²) >= 11 is 0. The van der Waals surface area contributed by atoms with Gasteiger partial charge in [0.1, 0.15) is 0 Å². The monoisotopic (exact) mass is 244 g/mol. The molecule has 18 heavy (non-hydrogen) atoms. The van der Waals surface area contributed by atoms with Gasteiger partial charge in [0, 0.05) is 17.1 Å². The summed E-state index contributed by atoms with van der Waals surface area (Å²) in [5.74, 6) is 0.570. The highest BCUT2D eigenvalue weighted by Crippen LogP contribution is 2.40. The molecule has 98 valence electrons. The summed E-state index contributed by atoms with van der Waals surface area (Å²) in [7, 11) is 2.02. The van der Waals surface area contributed by atoms with Crippen molar-refractivity contribution in [2.75, 3.05) is 13.6 Å². The second kappa shape index (κ2) is 5.15. The van der Waals surface area contributed by atoms with E-state index in [2.05, 4.69) is 61.5 Å². The Bertz CT molecular complexity index is 505. The first-order chi connectivity index (χ1) is 8.54. The van der Waals surface area contributed by atoms with Crippen LogP contribution in [0.2, 0.25) is 0 Å². The Labute approximate surface area is 110 Å². The molecule has 0 aliphatic carbocycles. The fourth-order valence-electron chi connectivity index (χ4n) is 2.73. The summed E-state index contributed by atoms with van der Waals surface area (Å²) in [6.45, 7) is 8.04. The van der Waals surface area contributed by atoms with Crippen molar-refractivity contribution >= 4 is 10.9 Å². The average Bonchev–Trinajstić information content (AvgIpc) is 2.72. The van der Waals surface area contributed by atoms with Gasteiger partial charge in [-0.1, -0.05) is 39.0 Å². The van der Waals surface area contributed by atoms with Gasteiger partial charge in [0.25, 0.3) is 0 Å². The fourth-order valence-corrected chi connectivity index (χ4v) is 2.73. The van der Waals surface area contributed by atoms with Crippen molar-refractivity contribution in [1.29, 1.82) is 0 Å². The predicted molar refractivity (Wildman–Crippen MR) is 79.0 cm³/mol.